The summed E-state index contributed by atoms with van der Waals surface area (Å²) in [5, 5.41) is 16.6. The van der Waals surface area contributed by atoms with Gasteiger partial charge in [-0.05, 0) is 50.1 Å². The Morgan fingerprint density at radius 1 is 1.14 bits per heavy atom. The van der Waals surface area contributed by atoms with E-state index in [0.717, 1.165) is 23.0 Å². The maximum atomic E-state index is 11.1. The molecular weight excluding hydrogens is 358 g/mol. The quantitative estimate of drug-likeness (QED) is 0.696. The average Bonchev–Trinajstić information content (AvgIpc) is 3.15. The zero-order chi connectivity index (χ0) is 19.5. The Bertz CT molecular complexity index is 962. The number of piperidine rings is 1. The highest BCUT2D eigenvalue weighted by atomic mass is 16.4. The van der Waals surface area contributed by atoms with Crippen molar-refractivity contribution < 1.29 is 9.90 Å². The molecule has 0 aliphatic carbocycles. The van der Waals surface area contributed by atoms with E-state index in [1.165, 1.54) is 0 Å². The Labute approximate surface area is 162 Å². The molecule has 2 aromatic heterocycles. The largest absolute Gasteiger partial charge is 0.481 e. The summed E-state index contributed by atoms with van der Waals surface area (Å²) in [6, 6.07) is 9.60. The zero-order valence-electron chi connectivity index (χ0n) is 15.5. The molecule has 0 bridgehead atoms. The van der Waals surface area contributed by atoms with Gasteiger partial charge in [0.05, 0.1) is 11.6 Å². The highest BCUT2D eigenvalue weighted by Crippen LogP contribution is 2.23. The van der Waals surface area contributed by atoms with Crippen molar-refractivity contribution in [1.82, 2.24) is 24.7 Å². The van der Waals surface area contributed by atoms with Crippen molar-refractivity contribution in [2.45, 2.75) is 19.8 Å². The molecular formula is C19H21N7O2. The van der Waals surface area contributed by atoms with E-state index in [-0.39, 0.29) is 5.92 Å². The number of hydrogen-bond acceptors (Lipinski definition) is 7. The van der Waals surface area contributed by atoms with E-state index < -0.39 is 5.97 Å². The van der Waals surface area contributed by atoms with Gasteiger partial charge in [-0.25, -0.2) is 14.6 Å². The van der Waals surface area contributed by atoms with Gasteiger partial charge in [-0.15, -0.1) is 0 Å². The smallest absolute Gasteiger partial charge is 0.306 e. The first-order valence-electron chi connectivity index (χ1n) is 9.15. The maximum Gasteiger partial charge on any atom is 0.306 e. The number of carboxylic acid groups (broad SMARTS) is 1. The van der Waals surface area contributed by atoms with Gasteiger partial charge < -0.3 is 15.3 Å². The van der Waals surface area contributed by atoms with Crippen LogP contribution in [0.25, 0.3) is 5.69 Å². The van der Waals surface area contributed by atoms with Crippen molar-refractivity contribution in [2.24, 2.45) is 5.92 Å². The first-order valence-corrected chi connectivity index (χ1v) is 9.15. The van der Waals surface area contributed by atoms with Gasteiger partial charge in [-0.2, -0.15) is 10.1 Å². The van der Waals surface area contributed by atoms with Crippen molar-refractivity contribution in [2.75, 3.05) is 23.3 Å². The Balaban J connectivity index is 1.43. The molecule has 4 rings (SSSR count). The predicted octanol–water partition coefficient (Wildman–Crippen LogP) is 2.41. The van der Waals surface area contributed by atoms with Crippen LogP contribution in [0.5, 0.6) is 0 Å². The van der Waals surface area contributed by atoms with Gasteiger partial charge in [0.1, 0.15) is 18.0 Å². The molecule has 0 amide bonds. The van der Waals surface area contributed by atoms with Gasteiger partial charge in [0, 0.05) is 25.0 Å². The number of nitrogens with one attached hydrogen (secondary N) is 1. The molecule has 1 saturated heterocycles. The highest BCUT2D eigenvalue weighted by Gasteiger charge is 2.25. The lowest BCUT2D eigenvalue weighted by atomic mass is 9.97. The van der Waals surface area contributed by atoms with Crippen LogP contribution in [-0.2, 0) is 4.79 Å². The summed E-state index contributed by atoms with van der Waals surface area (Å²) >= 11 is 0. The van der Waals surface area contributed by atoms with E-state index in [1.807, 2.05) is 37.3 Å². The van der Waals surface area contributed by atoms with Gasteiger partial charge >= 0.3 is 5.97 Å². The van der Waals surface area contributed by atoms with E-state index in [1.54, 1.807) is 17.2 Å². The second-order valence-corrected chi connectivity index (χ2v) is 6.75. The van der Waals surface area contributed by atoms with Crippen LogP contribution in [0.15, 0.2) is 42.9 Å². The molecule has 0 radical (unpaired) electrons. The number of rotatable bonds is 5. The molecule has 0 atom stereocenters. The molecule has 28 heavy (non-hydrogen) atoms. The molecule has 3 aromatic rings. The Hall–Kier alpha value is -3.49. The van der Waals surface area contributed by atoms with Crippen LogP contribution in [0.4, 0.5) is 17.5 Å². The number of nitrogens with zero attached hydrogens (tertiary/aromatic N) is 6. The van der Waals surface area contributed by atoms with Crippen molar-refractivity contribution in [3.8, 4) is 5.69 Å². The van der Waals surface area contributed by atoms with E-state index in [9.17, 15) is 4.79 Å². The summed E-state index contributed by atoms with van der Waals surface area (Å²) in [5.74, 6) is 1.05. The Morgan fingerprint density at radius 3 is 2.54 bits per heavy atom. The summed E-state index contributed by atoms with van der Waals surface area (Å²) in [6.45, 7) is 3.21. The van der Waals surface area contributed by atoms with Gasteiger partial charge in [0.15, 0.2) is 0 Å². The van der Waals surface area contributed by atoms with Crippen molar-refractivity contribution in [3.63, 3.8) is 0 Å². The fourth-order valence-electron chi connectivity index (χ4n) is 3.24. The summed E-state index contributed by atoms with van der Waals surface area (Å²) < 4.78 is 1.72. The van der Waals surface area contributed by atoms with E-state index in [0.29, 0.717) is 31.9 Å². The average molecular weight is 379 g/mol. The van der Waals surface area contributed by atoms with Crippen LogP contribution in [0.2, 0.25) is 0 Å². The molecule has 0 saturated carbocycles. The molecule has 9 nitrogen and oxygen atoms in total. The molecule has 3 heterocycles. The zero-order valence-corrected chi connectivity index (χ0v) is 15.5. The molecule has 144 valence electrons. The SMILES string of the molecule is Cc1ncn(-c2ccc(Nc3nccc(N4CCC(C(=O)O)CC4)n3)cc2)n1. The van der Waals surface area contributed by atoms with Crippen molar-refractivity contribution in [3.05, 3.63) is 48.7 Å². The van der Waals surface area contributed by atoms with E-state index in [4.69, 9.17) is 5.11 Å². The highest BCUT2D eigenvalue weighted by molar-refractivity contribution is 5.70. The minimum atomic E-state index is -0.714. The minimum Gasteiger partial charge on any atom is -0.481 e. The van der Waals surface area contributed by atoms with Crippen LogP contribution in [0.1, 0.15) is 18.7 Å². The standard InChI is InChI=1S/C19H21N7O2/c1-13-21-12-26(24-13)16-4-2-15(3-5-16)22-19-20-9-6-17(23-19)25-10-7-14(8-11-25)18(27)28/h2-6,9,12,14H,7-8,10-11H2,1H3,(H,27,28)(H,20,22,23). The fraction of sp³-hybridized carbons (Fsp3) is 0.316. The third-order valence-corrected chi connectivity index (χ3v) is 4.80. The minimum absolute atomic E-state index is 0.261. The fourth-order valence-corrected chi connectivity index (χ4v) is 3.24. The molecule has 9 heteroatoms. The van der Waals surface area contributed by atoms with Gasteiger partial charge in [0.2, 0.25) is 5.95 Å². The van der Waals surface area contributed by atoms with Crippen molar-refractivity contribution >= 4 is 23.4 Å². The lowest BCUT2D eigenvalue weighted by molar-refractivity contribution is -0.142. The van der Waals surface area contributed by atoms with Gasteiger partial charge in [-0.3, -0.25) is 4.79 Å². The third kappa shape index (κ3) is 3.93. The van der Waals surface area contributed by atoms with Gasteiger partial charge in [-0.1, -0.05) is 0 Å². The molecule has 0 unspecified atom stereocenters. The molecule has 1 aliphatic heterocycles. The number of aliphatic carboxylic acids is 1. The van der Waals surface area contributed by atoms with E-state index in [2.05, 4.69) is 30.3 Å². The molecule has 1 fully saturated rings. The number of carboxylic acids is 1. The van der Waals surface area contributed by atoms with Crippen molar-refractivity contribution in [1.29, 1.82) is 0 Å². The third-order valence-electron chi connectivity index (χ3n) is 4.80. The molecule has 2 N–H and O–H groups in total. The summed E-state index contributed by atoms with van der Waals surface area (Å²) in [5.41, 5.74) is 1.78. The van der Waals surface area contributed by atoms with Crippen LogP contribution in [0, 0.1) is 12.8 Å². The van der Waals surface area contributed by atoms with Gasteiger partial charge in [0.25, 0.3) is 0 Å². The van der Waals surface area contributed by atoms with Crippen LogP contribution in [0.3, 0.4) is 0 Å². The summed E-state index contributed by atoms with van der Waals surface area (Å²) in [4.78, 5) is 26.2. The Morgan fingerprint density at radius 2 is 1.89 bits per heavy atom. The normalized spacial score (nSPS) is 14.8. The van der Waals surface area contributed by atoms with Crippen LogP contribution >= 0.6 is 0 Å². The number of benzene rings is 1. The summed E-state index contributed by atoms with van der Waals surface area (Å²) in [6.07, 6.45) is 4.65. The van der Waals surface area contributed by atoms with Crippen LogP contribution in [-0.4, -0.2) is 48.9 Å². The first-order chi connectivity index (χ1) is 13.6. The first kappa shape index (κ1) is 17.9. The number of hydrogen-bond donors (Lipinski definition) is 2. The molecule has 0 spiro atoms. The number of aromatic nitrogens is 5. The second kappa shape index (κ2) is 7.63. The predicted molar refractivity (Wildman–Crippen MR) is 104 cm³/mol. The monoisotopic (exact) mass is 379 g/mol. The second-order valence-electron chi connectivity index (χ2n) is 6.75. The Kier molecular flexibility index (Phi) is 4.88. The number of anilines is 3. The lowest BCUT2D eigenvalue weighted by Crippen LogP contribution is -2.36. The lowest BCUT2D eigenvalue weighted by Gasteiger charge is -2.31. The topological polar surface area (TPSA) is 109 Å². The number of aryl methyl sites for hydroxylation is 1. The molecule has 1 aliphatic rings. The maximum absolute atomic E-state index is 11.1. The molecule has 1 aromatic carbocycles. The van der Waals surface area contributed by atoms with E-state index >= 15 is 0 Å². The number of carbonyl (C=O) groups is 1. The summed E-state index contributed by atoms with van der Waals surface area (Å²) in [7, 11) is 0. The van der Waals surface area contributed by atoms with Crippen LogP contribution < -0.4 is 10.2 Å².